The number of hydrogen-bond acceptors (Lipinski definition) is 1. The van der Waals surface area contributed by atoms with Gasteiger partial charge >= 0.3 is 0 Å². The van der Waals surface area contributed by atoms with E-state index in [1.54, 1.807) is 0 Å². The third-order valence-electron chi connectivity index (χ3n) is 4.46. The molecule has 0 amide bonds. The SMILES string of the molecule is CCCNCC1CCCCC1C(CC)CC. The molecular formula is C15H31N. The topological polar surface area (TPSA) is 12.0 Å². The zero-order valence-corrected chi connectivity index (χ0v) is 11.6. The second-order valence-electron chi connectivity index (χ2n) is 5.49. The molecular weight excluding hydrogens is 194 g/mol. The van der Waals surface area contributed by atoms with Crippen molar-refractivity contribution in [3.8, 4) is 0 Å². The third-order valence-corrected chi connectivity index (χ3v) is 4.46. The van der Waals surface area contributed by atoms with E-state index in [9.17, 15) is 0 Å². The summed E-state index contributed by atoms with van der Waals surface area (Å²) in [5.74, 6) is 2.95. The van der Waals surface area contributed by atoms with E-state index >= 15 is 0 Å². The summed E-state index contributed by atoms with van der Waals surface area (Å²) in [4.78, 5) is 0. The summed E-state index contributed by atoms with van der Waals surface area (Å²) in [6, 6.07) is 0. The van der Waals surface area contributed by atoms with Gasteiger partial charge in [-0.25, -0.2) is 0 Å². The Hall–Kier alpha value is -0.0400. The zero-order valence-electron chi connectivity index (χ0n) is 11.6. The minimum absolute atomic E-state index is 0.963. The molecule has 1 heteroatoms. The molecule has 16 heavy (non-hydrogen) atoms. The second-order valence-corrected chi connectivity index (χ2v) is 5.49. The first-order valence-electron chi connectivity index (χ1n) is 7.54. The molecule has 1 saturated carbocycles. The number of hydrogen-bond donors (Lipinski definition) is 1. The quantitative estimate of drug-likeness (QED) is 0.639. The van der Waals surface area contributed by atoms with Crippen molar-refractivity contribution in [3.05, 3.63) is 0 Å². The van der Waals surface area contributed by atoms with E-state index in [2.05, 4.69) is 26.1 Å². The van der Waals surface area contributed by atoms with Gasteiger partial charge in [0.05, 0.1) is 0 Å². The molecule has 0 saturated heterocycles. The average Bonchev–Trinajstić information content (AvgIpc) is 2.33. The second kappa shape index (κ2) is 8.11. The van der Waals surface area contributed by atoms with E-state index in [1.165, 1.54) is 58.0 Å². The Balaban J connectivity index is 2.42. The normalized spacial score (nSPS) is 26.2. The van der Waals surface area contributed by atoms with Gasteiger partial charge in [-0.3, -0.25) is 0 Å². The van der Waals surface area contributed by atoms with Crippen LogP contribution in [0.4, 0.5) is 0 Å². The van der Waals surface area contributed by atoms with E-state index in [1.807, 2.05) is 0 Å². The molecule has 1 aliphatic rings. The summed E-state index contributed by atoms with van der Waals surface area (Å²) in [6.45, 7) is 9.48. The molecule has 1 fully saturated rings. The van der Waals surface area contributed by atoms with E-state index in [0.717, 1.165) is 17.8 Å². The largest absolute Gasteiger partial charge is 0.316 e. The van der Waals surface area contributed by atoms with Crippen LogP contribution in [0, 0.1) is 17.8 Å². The smallest absolute Gasteiger partial charge is 0.00178 e. The summed E-state index contributed by atoms with van der Waals surface area (Å²) >= 11 is 0. The number of rotatable bonds is 7. The predicted octanol–water partition coefficient (Wildman–Crippen LogP) is 4.23. The highest BCUT2D eigenvalue weighted by Gasteiger charge is 2.29. The van der Waals surface area contributed by atoms with Crippen molar-refractivity contribution in [2.75, 3.05) is 13.1 Å². The van der Waals surface area contributed by atoms with Crippen LogP contribution >= 0.6 is 0 Å². The van der Waals surface area contributed by atoms with Crippen LogP contribution in [0.25, 0.3) is 0 Å². The highest BCUT2D eigenvalue weighted by molar-refractivity contribution is 4.81. The summed E-state index contributed by atoms with van der Waals surface area (Å²) < 4.78 is 0. The summed E-state index contributed by atoms with van der Waals surface area (Å²) in [7, 11) is 0. The minimum Gasteiger partial charge on any atom is -0.316 e. The number of nitrogens with one attached hydrogen (secondary N) is 1. The minimum atomic E-state index is 0.963. The lowest BCUT2D eigenvalue weighted by Gasteiger charge is -2.37. The Morgan fingerprint density at radius 1 is 1.06 bits per heavy atom. The van der Waals surface area contributed by atoms with Gasteiger partial charge in [0.25, 0.3) is 0 Å². The van der Waals surface area contributed by atoms with Crippen molar-refractivity contribution in [1.82, 2.24) is 5.32 Å². The van der Waals surface area contributed by atoms with Gasteiger partial charge in [0, 0.05) is 0 Å². The van der Waals surface area contributed by atoms with Gasteiger partial charge in [-0.15, -0.1) is 0 Å². The molecule has 0 aromatic carbocycles. The van der Waals surface area contributed by atoms with Crippen LogP contribution in [0.15, 0.2) is 0 Å². The van der Waals surface area contributed by atoms with Gasteiger partial charge < -0.3 is 5.32 Å². The lowest BCUT2D eigenvalue weighted by atomic mass is 9.70. The molecule has 1 nitrogen and oxygen atoms in total. The summed E-state index contributed by atoms with van der Waals surface area (Å²) in [6.07, 6.45) is 9.93. The highest BCUT2D eigenvalue weighted by atomic mass is 14.9. The molecule has 2 atom stereocenters. The van der Waals surface area contributed by atoms with Gasteiger partial charge in [0.1, 0.15) is 0 Å². The van der Waals surface area contributed by atoms with Crippen LogP contribution in [-0.4, -0.2) is 13.1 Å². The molecule has 0 aromatic heterocycles. The molecule has 0 aromatic rings. The van der Waals surface area contributed by atoms with E-state index in [4.69, 9.17) is 0 Å². The Kier molecular flexibility index (Phi) is 7.11. The van der Waals surface area contributed by atoms with Crippen molar-refractivity contribution in [2.24, 2.45) is 17.8 Å². The van der Waals surface area contributed by atoms with Gasteiger partial charge in [0.15, 0.2) is 0 Å². The van der Waals surface area contributed by atoms with Crippen LogP contribution in [-0.2, 0) is 0 Å². The van der Waals surface area contributed by atoms with Crippen LogP contribution in [0.3, 0.4) is 0 Å². The molecule has 0 spiro atoms. The van der Waals surface area contributed by atoms with Crippen molar-refractivity contribution in [3.63, 3.8) is 0 Å². The Bertz CT molecular complexity index is 163. The van der Waals surface area contributed by atoms with Gasteiger partial charge in [-0.2, -0.15) is 0 Å². The maximum absolute atomic E-state index is 3.64. The van der Waals surface area contributed by atoms with E-state index in [0.29, 0.717) is 0 Å². The fourth-order valence-electron chi connectivity index (χ4n) is 3.47. The molecule has 0 bridgehead atoms. The Morgan fingerprint density at radius 2 is 1.75 bits per heavy atom. The van der Waals surface area contributed by atoms with Gasteiger partial charge in [0.2, 0.25) is 0 Å². The van der Waals surface area contributed by atoms with Crippen LogP contribution in [0.5, 0.6) is 0 Å². The van der Waals surface area contributed by atoms with Crippen molar-refractivity contribution >= 4 is 0 Å². The third kappa shape index (κ3) is 4.08. The van der Waals surface area contributed by atoms with Crippen molar-refractivity contribution in [2.45, 2.75) is 65.7 Å². The summed E-state index contributed by atoms with van der Waals surface area (Å²) in [5.41, 5.74) is 0. The molecule has 2 unspecified atom stereocenters. The summed E-state index contributed by atoms with van der Waals surface area (Å²) in [5, 5.41) is 3.64. The van der Waals surface area contributed by atoms with E-state index in [-0.39, 0.29) is 0 Å². The molecule has 1 aliphatic carbocycles. The monoisotopic (exact) mass is 225 g/mol. The molecule has 96 valence electrons. The average molecular weight is 225 g/mol. The molecule has 0 radical (unpaired) electrons. The Morgan fingerprint density at radius 3 is 2.38 bits per heavy atom. The lowest BCUT2D eigenvalue weighted by Crippen LogP contribution is -2.34. The first-order chi connectivity index (χ1) is 7.83. The van der Waals surface area contributed by atoms with Crippen molar-refractivity contribution in [1.29, 1.82) is 0 Å². The lowest BCUT2D eigenvalue weighted by molar-refractivity contribution is 0.150. The standard InChI is InChI=1S/C15H31N/c1-4-11-16-12-14-9-7-8-10-15(14)13(5-2)6-3/h13-16H,4-12H2,1-3H3. The molecule has 1 rings (SSSR count). The first kappa shape index (κ1) is 14.0. The molecule has 0 aliphatic heterocycles. The first-order valence-corrected chi connectivity index (χ1v) is 7.54. The van der Waals surface area contributed by atoms with Crippen molar-refractivity contribution < 1.29 is 0 Å². The molecule has 1 N–H and O–H groups in total. The zero-order chi connectivity index (χ0) is 11.8. The maximum Gasteiger partial charge on any atom is -0.00178 e. The highest BCUT2D eigenvalue weighted by Crippen LogP contribution is 2.37. The van der Waals surface area contributed by atoms with Gasteiger partial charge in [-0.05, 0) is 50.1 Å². The van der Waals surface area contributed by atoms with E-state index < -0.39 is 0 Å². The van der Waals surface area contributed by atoms with Crippen LogP contribution < -0.4 is 5.32 Å². The van der Waals surface area contributed by atoms with Crippen LogP contribution in [0.2, 0.25) is 0 Å². The fraction of sp³-hybridized carbons (Fsp3) is 1.00. The van der Waals surface area contributed by atoms with Crippen LogP contribution in [0.1, 0.15) is 65.7 Å². The Labute approximate surface area is 102 Å². The maximum atomic E-state index is 3.64. The fourth-order valence-corrected chi connectivity index (χ4v) is 3.47. The predicted molar refractivity (Wildman–Crippen MR) is 72.7 cm³/mol. The van der Waals surface area contributed by atoms with Gasteiger partial charge in [-0.1, -0.05) is 46.5 Å². The molecule has 0 heterocycles.